The Kier molecular flexibility index (Phi) is 11.8. The third kappa shape index (κ3) is 10.0. The van der Waals surface area contributed by atoms with E-state index in [0.717, 1.165) is 49.3 Å². The summed E-state index contributed by atoms with van der Waals surface area (Å²) in [5.74, 6) is 2.67. The largest absolute Gasteiger partial charge is 0.492 e. The Hall–Kier alpha value is -2.22. The predicted molar refractivity (Wildman–Crippen MR) is 127 cm³/mol. The molecule has 0 saturated heterocycles. The quantitative estimate of drug-likeness (QED) is 0.220. The highest BCUT2D eigenvalue weighted by atomic mass is 32.2. The van der Waals surface area contributed by atoms with Crippen molar-refractivity contribution in [3.8, 4) is 5.75 Å². The summed E-state index contributed by atoms with van der Waals surface area (Å²) in [7, 11) is 5.58. The Labute approximate surface area is 185 Å². The van der Waals surface area contributed by atoms with Gasteiger partial charge < -0.3 is 25.0 Å². The predicted octanol–water partition coefficient (Wildman–Crippen LogP) is 3.10. The van der Waals surface area contributed by atoms with Crippen molar-refractivity contribution in [3.05, 3.63) is 60.2 Å². The van der Waals surface area contributed by atoms with Gasteiger partial charge in [0, 0.05) is 51.0 Å². The first kappa shape index (κ1) is 24.1. The van der Waals surface area contributed by atoms with Crippen molar-refractivity contribution in [2.75, 3.05) is 59.8 Å². The second-order valence-corrected chi connectivity index (χ2v) is 7.97. The van der Waals surface area contributed by atoms with Gasteiger partial charge in [0.15, 0.2) is 5.96 Å². The molecule has 0 saturated carbocycles. The van der Waals surface area contributed by atoms with E-state index >= 15 is 0 Å². The molecule has 2 rings (SSSR count). The molecular formula is C23H34N4O2S. The molecule has 0 heterocycles. The third-order valence-electron chi connectivity index (χ3n) is 4.41. The van der Waals surface area contributed by atoms with Crippen LogP contribution in [-0.2, 0) is 11.3 Å². The van der Waals surface area contributed by atoms with Crippen molar-refractivity contribution in [2.45, 2.75) is 11.4 Å². The lowest BCUT2D eigenvalue weighted by Crippen LogP contribution is -2.37. The maximum Gasteiger partial charge on any atom is 0.191 e. The van der Waals surface area contributed by atoms with Gasteiger partial charge in [-0.2, -0.15) is 0 Å². The van der Waals surface area contributed by atoms with Gasteiger partial charge in [-0.25, -0.2) is 0 Å². The van der Waals surface area contributed by atoms with Crippen molar-refractivity contribution in [2.24, 2.45) is 4.99 Å². The zero-order chi connectivity index (χ0) is 21.4. The van der Waals surface area contributed by atoms with Crippen LogP contribution in [0.15, 0.2) is 64.5 Å². The lowest BCUT2D eigenvalue weighted by molar-refractivity contribution is 0.150. The fourth-order valence-electron chi connectivity index (χ4n) is 2.68. The molecule has 0 amide bonds. The van der Waals surface area contributed by atoms with Crippen LogP contribution in [0.25, 0.3) is 0 Å². The second kappa shape index (κ2) is 14.7. The van der Waals surface area contributed by atoms with Gasteiger partial charge in [0.2, 0.25) is 0 Å². The SMILES string of the molecule is CN=C(NCCSc1ccccc1)NCc1cccc(OCCN(C)CCOC)c1. The number of ether oxygens (including phenoxy) is 2. The highest BCUT2D eigenvalue weighted by Gasteiger charge is 2.02. The Bertz CT molecular complexity index is 743. The second-order valence-electron chi connectivity index (χ2n) is 6.81. The van der Waals surface area contributed by atoms with Gasteiger partial charge in [0.25, 0.3) is 0 Å². The molecule has 6 nitrogen and oxygen atoms in total. The molecule has 0 fully saturated rings. The van der Waals surface area contributed by atoms with Crippen molar-refractivity contribution >= 4 is 17.7 Å². The van der Waals surface area contributed by atoms with Gasteiger partial charge in [-0.05, 0) is 36.9 Å². The standard InChI is InChI=1S/C23H34N4O2S/c1-24-23(25-12-17-30-22-10-5-4-6-11-22)26-19-20-8-7-9-21(18-20)29-16-14-27(2)13-15-28-3/h4-11,18H,12-17,19H2,1-3H3,(H2,24,25,26). The van der Waals surface area contributed by atoms with Crippen LogP contribution in [0, 0.1) is 0 Å². The van der Waals surface area contributed by atoms with Crippen LogP contribution in [0.3, 0.4) is 0 Å². The number of likely N-dealkylation sites (N-methyl/N-ethyl adjacent to an activating group) is 1. The lowest BCUT2D eigenvalue weighted by Gasteiger charge is -2.16. The highest BCUT2D eigenvalue weighted by molar-refractivity contribution is 7.99. The first-order chi connectivity index (χ1) is 14.7. The number of nitrogens with one attached hydrogen (secondary N) is 2. The van der Waals surface area contributed by atoms with Crippen molar-refractivity contribution in [1.82, 2.24) is 15.5 Å². The van der Waals surface area contributed by atoms with Gasteiger partial charge in [-0.3, -0.25) is 4.99 Å². The van der Waals surface area contributed by atoms with Crippen LogP contribution in [0.5, 0.6) is 5.75 Å². The number of aliphatic imine (C=N–C) groups is 1. The van der Waals surface area contributed by atoms with Gasteiger partial charge in [-0.1, -0.05) is 30.3 Å². The third-order valence-corrected chi connectivity index (χ3v) is 5.42. The monoisotopic (exact) mass is 430 g/mol. The van der Waals surface area contributed by atoms with Gasteiger partial charge in [0.1, 0.15) is 12.4 Å². The van der Waals surface area contributed by atoms with Crippen LogP contribution < -0.4 is 15.4 Å². The number of guanidine groups is 1. The van der Waals surface area contributed by atoms with Gasteiger partial charge in [-0.15, -0.1) is 11.8 Å². The molecule has 0 unspecified atom stereocenters. The molecule has 0 aliphatic carbocycles. The zero-order valence-corrected chi connectivity index (χ0v) is 19.1. The van der Waals surface area contributed by atoms with Crippen molar-refractivity contribution in [3.63, 3.8) is 0 Å². The minimum absolute atomic E-state index is 0.652. The van der Waals surface area contributed by atoms with Crippen molar-refractivity contribution < 1.29 is 9.47 Å². The number of benzene rings is 2. The molecule has 2 aromatic carbocycles. The van der Waals surface area contributed by atoms with Crippen molar-refractivity contribution in [1.29, 1.82) is 0 Å². The number of hydrogen-bond donors (Lipinski definition) is 2. The lowest BCUT2D eigenvalue weighted by atomic mass is 10.2. The molecule has 0 aromatic heterocycles. The van der Waals surface area contributed by atoms with E-state index in [1.54, 1.807) is 14.2 Å². The minimum Gasteiger partial charge on any atom is -0.492 e. The average Bonchev–Trinajstić information content (AvgIpc) is 2.78. The molecule has 2 aromatic rings. The van der Waals surface area contributed by atoms with Gasteiger partial charge in [0.05, 0.1) is 6.61 Å². The van der Waals surface area contributed by atoms with E-state index in [1.807, 2.05) is 30.0 Å². The fraction of sp³-hybridized carbons (Fsp3) is 0.435. The first-order valence-electron chi connectivity index (χ1n) is 10.2. The molecule has 0 radical (unpaired) electrons. The minimum atomic E-state index is 0.652. The summed E-state index contributed by atoms with van der Waals surface area (Å²) in [5, 5.41) is 6.72. The van der Waals surface area contributed by atoms with Crippen LogP contribution in [-0.4, -0.2) is 70.7 Å². The summed E-state index contributed by atoms with van der Waals surface area (Å²) in [6.07, 6.45) is 0. The number of nitrogens with zero attached hydrogens (tertiary/aromatic N) is 2. The molecule has 0 bridgehead atoms. The molecule has 7 heteroatoms. The number of rotatable bonds is 13. The van der Waals surface area contributed by atoms with Crippen LogP contribution in [0.4, 0.5) is 0 Å². The summed E-state index contributed by atoms with van der Waals surface area (Å²) >= 11 is 1.83. The van der Waals surface area contributed by atoms with E-state index < -0.39 is 0 Å². The molecule has 0 aliphatic heterocycles. The molecule has 0 atom stereocenters. The van der Waals surface area contributed by atoms with E-state index in [0.29, 0.717) is 13.2 Å². The summed E-state index contributed by atoms with van der Waals surface area (Å²) in [4.78, 5) is 7.78. The van der Waals surface area contributed by atoms with E-state index in [-0.39, 0.29) is 0 Å². The summed E-state index contributed by atoms with van der Waals surface area (Å²) in [5.41, 5.74) is 1.15. The maximum atomic E-state index is 5.89. The Morgan fingerprint density at radius 3 is 2.60 bits per heavy atom. The fourth-order valence-corrected chi connectivity index (χ4v) is 3.47. The van der Waals surface area contributed by atoms with Crippen LogP contribution >= 0.6 is 11.8 Å². The highest BCUT2D eigenvalue weighted by Crippen LogP contribution is 2.16. The van der Waals surface area contributed by atoms with Crippen LogP contribution in [0.2, 0.25) is 0 Å². The topological polar surface area (TPSA) is 58.1 Å². The average molecular weight is 431 g/mol. The van der Waals surface area contributed by atoms with E-state index in [1.165, 1.54) is 4.90 Å². The molecule has 30 heavy (non-hydrogen) atoms. The molecular weight excluding hydrogens is 396 g/mol. The molecule has 0 spiro atoms. The summed E-state index contributed by atoms with van der Waals surface area (Å²) in [6, 6.07) is 18.6. The Balaban J connectivity index is 1.67. The smallest absolute Gasteiger partial charge is 0.191 e. The summed E-state index contributed by atoms with van der Waals surface area (Å²) in [6.45, 7) is 4.69. The Morgan fingerprint density at radius 1 is 1.03 bits per heavy atom. The van der Waals surface area contributed by atoms with E-state index in [4.69, 9.17) is 9.47 Å². The van der Waals surface area contributed by atoms with Crippen LogP contribution in [0.1, 0.15) is 5.56 Å². The van der Waals surface area contributed by atoms with E-state index in [2.05, 4.69) is 64.0 Å². The molecule has 0 aliphatic rings. The maximum absolute atomic E-state index is 5.89. The first-order valence-corrected chi connectivity index (χ1v) is 11.2. The molecule has 164 valence electrons. The zero-order valence-electron chi connectivity index (χ0n) is 18.3. The van der Waals surface area contributed by atoms with Gasteiger partial charge >= 0.3 is 0 Å². The normalized spacial score (nSPS) is 11.5. The number of hydrogen-bond acceptors (Lipinski definition) is 5. The number of thioether (sulfide) groups is 1. The summed E-state index contributed by atoms with van der Waals surface area (Å²) < 4.78 is 11.0. The number of methoxy groups -OCH3 is 1. The van der Waals surface area contributed by atoms with E-state index in [9.17, 15) is 0 Å². The molecule has 2 N–H and O–H groups in total. The Morgan fingerprint density at radius 2 is 1.83 bits per heavy atom.